The number of aromatic nitrogens is 1. The van der Waals surface area contributed by atoms with E-state index in [4.69, 9.17) is 0 Å². The van der Waals surface area contributed by atoms with E-state index < -0.39 is 0 Å². The highest BCUT2D eigenvalue weighted by Gasteiger charge is 2.22. The minimum atomic E-state index is 1.08. The van der Waals surface area contributed by atoms with Gasteiger partial charge in [-0.25, -0.2) is 0 Å². The van der Waals surface area contributed by atoms with E-state index in [2.05, 4.69) is 252 Å². The van der Waals surface area contributed by atoms with E-state index in [1.54, 1.807) is 0 Å². The second-order valence-corrected chi connectivity index (χ2v) is 17.1. The molecule has 0 spiro atoms. The first kappa shape index (κ1) is 36.8. The molecule has 0 saturated heterocycles. The van der Waals surface area contributed by atoms with Crippen molar-refractivity contribution in [3.63, 3.8) is 0 Å². The molecule has 0 amide bonds. The summed E-state index contributed by atoms with van der Waals surface area (Å²) in [5.41, 5.74) is 16.3. The molecule has 63 heavy (non-hydrogen) atoms. The number of thiophene rings is 1. The average molecular weight is 821 g/mol. The summed E-state index contributed by atoms with van der Waals surface area (Å²) in [6.45, 7) is 0. The van der Waals surface area contributed by atoms with Crippen molar-refractivity contribution in [1.29, 1.82) is 0 Å². The molecule has 0 atom stereocenters. The first-order valence-electron chi connectivity index (χ1n) is 21.5. The summed E-state index contributed by atoms with van der Waals surface area (Å²) in [7, 11) is 0. The first-order valence-corrected chi connectivity index (χ1v) is 22.3. The molecule has 0 aliphatic heterocycles. The van der Waals surface area contributed by atoms with Crippen molar-refractivity contribution in [3.8, 4) is 50.2 Å². The minimum Gasteiger partial charge on any atom is -0.310 e. The van der Waals surface area contributed by atoms with Crippen LogP contribution in [0.5, 0.6) is 0 Å². The maximum absolute atomic E-state index is 2.45. The topological polar surface area (TPSA) is 8.17 Å². The SMILES string of the molecule is c1ccc(-c2ccccc2-c2ccc(N(c3ccc4c5ccccc5n(-c5ccccc5)c4c3)c3ccc(-c4cccc5c4sc4ccccc45)cc3-c3ccccc3)cc2)cc1. The highest BCUT2D eigenvalue weighted by molar-refractivity contribution is 7.26. The number of hydrogen-bond donors (Lipinski definition) is 0. The fourth-order valence-corrected chi connectivity index (χ4v) is 10.7. The Bertz CT molecular complexity index is 3600. The van der Waals surface area contributed by atoms with Crippen molar-refractivity contribution < 1.29 is 0 Å². The van der Waals surface area contributed by atoms with E-state index in [0.717, 1.165) is 39.4 Å². The highest BCUT2D eigenvalue weighted by atomic mass is 32.1. The second kappa shape index (κ2) is 15.5. The van der Waals surface area contributed by atoms with E-state index in [0.29, 0.717) is 0 Å². The van der Waals surface area contributed by atoms with Crippen molar-refractivity contribution in [2.45, 2.75) is 0 Å². The van der Waals surface area contributed by atoms with Gasteiger partial charge in [-0.3, -0.25) is 0 Å². The summed E-state index contributed by atoms with van der Waals surface area (Å²) < 4.78 is 5.03. The standard InChI is InChI=1S/C60H40N2S/c1-4-17-41(18-5-1)48-23-10-11-24-49(48)43-31-34-46(35-32-43)61(47-36-37-52-51-25-12-14-29-56(51)62(58(52)40-47)45-21-8-3-9-22-45)57-38-33-44(39-55(57)42-19-6-2-7-20-42)50-27-16-28-54-53-26-13-15-30-59(53)63-60(50)54/h1-40H. The van der Waals surface area contributed by atoms with Gasteiger partial charge >= 0.3 is 0 Å². The van der Waals surface area contributed by atoms with Crippen LogP contribution in [0.3, 0.4) is 0 Å². The van der Waals surface area contributed by atoms with Gasteiger partial charge in [0.15, 0.2) is 0 Å². The van der Waals surface area contributed by atoms with Crippen LogP contribution in [-0.4, -0.2) is 4.57 Å². The smallest absolute Gasteiger partial charge is 0.0561 e. The molecule has 0 N–H and O–H groups in total. The average Bonchev–Trinajstić information content (AvgIpc) is 3.91. The molecule has 0 unspecified atom stereocenters. The summed E-state index contributed by atoms with van der Waals surface area (Å²) >= 11 is 1.88. The van der Waals surface area contributed by atoms with Gasteiger partial charge in [-0.2, -0.15) is 0 Å². The molecular weight excluding hydrogens is 781 g/mol. The van der Waals surface area contributed by atoms with Crippen LogP contribution in [0.4, 0.5) is 17.1 Å². The molecule has 12 aromatic rings. The molecule has 2 aromatic heterocycles. The van der Waals surface area contributed by atoms with Gasteiger partial charge in [0.1, 0.15) is 0 Å². The van der Waals surface area contributed by atoms with Crippen LogP contribution in [-0.2, 0) is 0 Å². The summed E-state index contributed by atoms with van der Waals surface area (Å²) in [6, 6.07) is 88.4. The predicted octanol–water partition coefficient (Wildman–Crippen LogP) is 17.3. The van der Waals surface area contributed by atoms with E-state index >= 15 is 0 Å². The van der Waals surface area contributed by atoms with Crippen molar-refractivity contribution in [1.82, 2.24) is 4.57 Å². The zero-order valence-corrected chi connectivity index (χ0v) is 35.2. The molecule has 12 rings (SSSR count). The number of anilines is 3. The highest BCUT2D eigenvalue weighted by Crippen LogP contribution is 2.47. The maximum Gasteiger partial charge on any atom is 0.0561 e. The number of fused-ring (bicyclic) bond motifs is 6. The Morgan fingerprint density at radius 1 is 0.317 bits per heavy atom. The van der Waals surface area contributed by atoms with Crippen LogP contribution in [0.1, 0.15) is 0 Å². The van der Waals surface area contributed by atoms with Crippen LogP contribution in [0.25, 0.3) is 92.2 Å². The van der Waals surface area contributed by atoms with Crippen molar-refractivity contribution in [2.24, 2.45) is 0 Å². The third-order valence-corrected chi connectivity index (χ3v) is 13.6. The monoisotopic (exact) mass is 820 g/mol. The fourth-order valence-electron chi connectivity index (χ4n) is 9.50. The molecule has 0 bridgehead atoms. The molecule has 0 aliphatic carbocycles. The van der Waals surface area contributed by atoms with Gasteiger partial charge in [-0.05, 0) is 99.6 Å². The summed E-state index contributed by atoms with van der Waals surface area (Å²) in [6.07, 6.45) is 0. The van der Waals surface area contributed by atoms with Gasteiger partial charge < -0.3 is 9.47 Å². The number of hydrogen-bond acceptors (Lipinski definition) is 2. The van der Waals surface area contributed by atoms with Gasteiger partial charge in [0.2, 0.25) is 0 Å². The molecule has 0 fully saturated rings. The lowest BCUT2D eigenvalue weighted by atomic mass is 9.94. The van der Waals surface area contributed by atoms with Gasteiger partial charge in [-0.15, -0.1) is 11.3 Å². The predicted molar refractivity (Wildman–Crippen MR) is 270 cm³/mol. The van der Waals surface area contributed by atoms with Crippen LogP contribution in [0.2, 0.25) is 0 Å². The van der Waals surface area contributed by atoms with Crippen molar-refractivity contribution >= 4 is 70.4 Å². The van der Waals surface area contributed by atoms with Gasteiger partial charge in [0.05, 0.1) is 16.7 Å². The summed E-state index contributed by atoms with van der Waals surface area (Å²) in [5, 5.41) is 5.07. The summed E-state index contributed by atoms with van der Waals surface area (Å²) in [4.78, 5) is 2.45. The number of para-hydroxylation sites is 2. The largest absolute Gasteiger partial charge is 0.310 e. The molecule has 2 nitrogen and oxygen atoms in total. The normalized spacial score (nSPS) is 11.5. The van der Waals surface area contributed by atoms with Crippen LogP contribution in [0.15, 0.2) is 243 Å². The van der Waals surface area contributed by atoms with Crippen molar-refractivity contribution in [2.75, 3.05) is 4.90 Å². The Morgan fingerprint density at radius 2 is 0.857 bits per heavy atom. The molecule has 10 aromatic carbocycles. The Morgan fingerprint density at radius 3 is 1.60 bits per heavy atom. The molecule has 3 heteroatoms. The van der Waals surface area contributed by atoms with Crippen LogP contribution < -0.4 is 4.90 Å². The van der Waals surface area contributed by atoms with Crippen LogP contribution in [0, 0.1) is 0 Å². The molecule has 296 valence electrons. The molecule has 2 heterocycles. The quantitative estimate of drug-likeness (QED) is 0.148. The van der Waals surface area contributed by atoms with E-state index in [1.165, 1.54) is 69.8 Å². The number of nitrogens with zero attached hydrogens (tertiary/aromatic N) is 2. The molecule has 0 aliphatic rings. The zero-order chi connectivity index (χ0) is 41.7. The van der Waals surface area contributed by atoms with E-state index in [-0.39, 0.29) is 0 Å². The number of benzene rings is 10. The van der Waals surface area contributed by atoms with Gasteiger partial charge in [-0.1, -0.05) is 182 Å². The summed E-state index contributed by atoms with van der Waals surface area (Å²) in [5.74, 6) is 0. The van der Waals surface area contributed by atoms with Crippen LogP contribution >= 0.6 is 11.3 Å². The molecule has 0 saturated carbocycles. The third kappa shape index (κ3) is 6.41. The Balaban J connectivity index is 1.09. The zero-order valence-electron chi connectivity index (χ0n) is 34.4. The van der Waals surface area contributed by atoms with Gasteiger partial charge in [0, 0.05) is 53.6 Å². The Kier molecular flexibility index (Phi) is 9.06. The lowest BCUT2D eigenvalue weighted by molar-refractivity contribution is 1.18. The Hall–Kier alpha value is -7.98. The first-order chi connectivity index (χ1) is 31.3. The van der Waals surface area contributed by atoms with Crippen molar-refractivity contribution in [3.05, 3.63) is 243 Å². The molecular formula is C60H40N2S. The molecule has 0 radical (unpaired) electrons. The lowest BCUT2D eigenvalue weighted by Crippen LogP contribution is -2.11. The number of rotatable bonds is 8. The second-order valence-electron chi connectivity index (χ2n) is 16.1. The lowest BCUT2D eigenvalue weighted by Gasteiger charge is -2.29. The van der Waals surface area contributed by atoms with E-state index in [1.807, 2.05) is 11.3 Å². The maximum atomic E-state index is 2.45. The van der Waals surface area contributed by atoms with Gasteiger partial charge in [0.25, 0.3) is 0 Å². The van der Waals surface area contributed by atoms with E-state index in [9.17, 15) is 0 Å². The third-order valence-electron chi connectivity index (χ3n) is 12.4. The Labute approximate surface area is 370 Å². The fraction of sp³-hybridized carbons (Fsp3) is 0. The minimum absolute atomic E-state index is 1.08.